The number of benzene rings is 1. The number of rotatable bonds is 4. The number of thiocarbonyl (C=S) groups is 1. The number of carbonyl (C=O) groups is 1. The first-order valence-corrected chi connectivity index (χ1v) is 7.49. The Hall–Kier alpha value is -1.88. The van der Waals surface area contributed by atoms with Crippen molar-refractivity contribution in [3.05, 3.63) is 47.7 Å². The minimum atomic E-state index is -0.496. The average Bonchev–Trinajstić information content (AvgIpc) is 2.46. The second-order valence-corrected chi connectivity index (χ2v) is 5.33. The number of ether oxygens (including phenoxy) is 1. The summed E-state index contributed by atoms with van der Waals surface area (Å²) in [7, 11) is 0. The number of nitrogens with one attached hydrogen (secondary N) is 2. The Bertz CT molecular complexity index is 554. The van der Waals surface area contributed by atoms with E-state index in [-0.39, 0.29) is 12.0 Å². The van der Waals surface area contributed by atoms with Gasteiger partial charge in [0.25, 0.3) is 0 Å². The van der Waals surface area contributed by atoms with Crippen LogP contribution in [0.1, 0.15) is 31.0 Å². The van der Waals surface area contributed by atoms with Crippen LogP contribution in [0.2, 0.25) is 0 Å². The molecule has 0 spiro atoms. The van der Waals surface area contributed by atoms with Gasteiger partial charge in [0.1, 0.15) is 5.92 Å². The van der Waals surface area contributed by atoms with E-state index in [0.29, 0.717) is 17.4 Å². The Morgan fingerprint density at radius 2 is 2.00 bits per heavy atom. The molecule has 1 aromatic rings. The van der Waals surface area contributed by atoms with E-state index in [1.54, 1.807) is 6.92 Å². The van der Waals surface area contributed by atoms with E-state index in [2.05, 4.69) is 36.3 Å². The SMILES string of the molecule is C=C1NC(=S)NC(c2ccc(CC)cc2)C1C(=O)OCC. The third-order valence-electron chi connectivity index (χ3n) is 3.56. The summed E-state index contributed by atoms with van der Waals surface area (Å²) >= 11 is 5.18. The lowest BCUT2D eigenvalue weighted by molar-refractivity contribution is -0.147. The van der Waals surface area contributed by atoms with E-state index in [0.717, 1.165) is 12.0 Å². The van der Waals surface area contributed by atoms with Crippen LogP contribution in [0.5, 0.6) is 0 Å². The highest BCUT2D eigenvalue weighted by atomic mass is 32.1. The maximum atomic E-state index is 12.2. The molecule has 1 heterocycles. The summed E-state index contributed by atoms with van der Waals surface area (Å²) in [6.45, 7) is 8.16. The smallest absolute Gasteiger partial charge is 0.317 e. The van der Waals surface area contributed by atoms with E-state index in [4.69, 9.17) is 17.0 Å². The zero-order chi connectivity index (χ0) is 15.4. The highest BCUT2D eigenvalue weighted by Crippen LogP contribution is 2.30. The second kappa shape index (κ2) is 6.72. The summed E-state index contributed by atoms with van der Waals surface area (Å²) in [5, 5.41) is 6.54. The number of aryl methyl sites for hydroxylation is 1. The van der Waals surface area contributed by atoms with Crippen molar-refractivity contribution in [2.45, 2.75) is 26.3 Å². The van der Waals surface area contributed by atoms with E-state index in [1.807, 2.05) is 12.1 Å². The Morgan fingerprint density at radius 3 is 2.57 bits per heavy atom. The van der Waals surface area contributed by atoms with Crippen molar-refractivity contribution >= 4 is 23.3 Å². The molecule has 0 bridgehead atoms. The molecule has 2 atom stereocenters. The third kappa shape index (κ3) is 3.42. The normalized spacial score (nSPS) is 21.4. The van der Waals surface area contributed by atoms with Gasteiger partial charge >= 0.3 is 5.97 Å². The molecule has 4 nitrogen and oxygen atoms in total. The van der Waals surface area contributed by atoms with Crippen LogP contribution in [0, 0.1) is 5.92 Å². The van der Waals surface area contributed by atoms with Gasteiger partial charge in [-0.2, -0.15) is 0 Å². The van der Waals surface area contributed by atoms with Gasteiger partial charge in [-0.3, -0.25) is 4.79 Å². The lowest BCUT2D eigenvalue weighted by Crippen LogP contribution is -2.51. The predicted octanol–water partition coefficient (Wildman–Crippen LogP) is 2.46. The molecular formula is C16H20N2O2S. The maximum Gasteiger partial charge on any atom is 0.317 e. The van der Waals surface area contributed by atoms with Crippen LogP contribution in [-0.2, 0) is 16.0 Å². The van der Waals surface area contributed by atoms with Crippen LogP contribution in [0.15, 0.2) is 36.5 Å². The summed E-state index contributed by atoms with van der Waals surface area (Å²) in [4.78, 5) is 12.2. The van der Waals surface area contributed by atoms with Crippen molar-refractivity contribution in [3.8, 4) is 0 Å². The van der Waals surface area contributed by atoms with Crippen LogP contribution in [0.3, 0.4) is 0 Å². The van der Waals surface area contributed by atoms with Crippen molar-refractivity contribution in [1.82, 2.24) is 10.6 Å². The molecule has 0 saturated carbocycles. The van der Waals surface area contributed by atoms with Gasteiger partial charge in [0, 0.05) is 5.70 Å². The van der Waals surface area contributed by atoms with Crippen LogP contribution in [-0.4, -0.2) is 17.7 Å². The average molecular weight is 304 g/mol. The zero-order valence-electron chi connectivity index (χ0n) is 12.3. The molecule has 1 aromatic carbocycles. The molecule has 2 N–H and O–H groups in total. The zero-order valence-corrected chi connectivity index (χ0v) is 13.1. The van der Waals surface area contributed by atoms with Crippen molar-refractivity contribution in [1.29, 1.82) is 0 Å². The van der Waals surface area contributed by atoms with Gasteiger partial charge in [0.05, 0.1) is 12.6 Å². The summed E-state index contributed by atoms with van der Waals surface area (Å²) in [6.07, 6.45) is 0.979. The van der Waals surface area contributed by atoms with Gasteiger partial charge in [-0.05, 0) is 36.7 Å². The number of hydrogen-bond donors (Lipinski definition) is 2. The van der Waals surface area contributed by atoms with Crippen molar-refractivity contribution in [3.63, 3.8) is 0 Å². The highest BCUT2D eigenvalue weighted by Gasteiger charge is 2.37. The predicted molar refractivity (Wildman–Crippen MR) is 86.7 cm³/mol. The van der Waals surface area contributed by atoms with Crippen LogP contribution in [0.25, 0.3) is 0 Å². The third-order valence-corrected chi connectivity index (χ3v) is 3.78. The number of carbonyl (C=O) groups excluding carboxylic acids is 1. The topological polar surface area (TPSA) is 50.4 Å². The Labute approximate surface area is 130 Å². The van der Waals surface area contributed by atoms with Crippen LogP contribution < -0.4 is 10.6 Å². The first-order valence-electron chi connectivity index (χ1n) is 7.08. The number of hydrogen-bond acceptors (Lipinski definition) is 3. The summed E-state index contributed by atoms with van der Waals surface area (Å²) in [6, 6.07) is 7.91. The fourth-order valence-electron chi connectivity index (χ4n) is 2.43. The molecule has 1 saturated heterocycles. The molecule has 112 valence electrons. The fourth-order valence-corrected chi connectivity index (χ4v) is 2.69. The summed E-state index contributed by atoms with van der Waals surface area (Å²) < 4.78 is 5.16. The van der Waals surface area contributed by atoms with Gasteiger partial charge in [-0.1, -0.05) is 37.8 Å². The van der Waals surface area contributed by atoms with Crippen LogP contribution in [0.4, 0.5) is 0 Å². The van der Waals surface area contributed by atoms with Gasteiger partial charge in [-0.25, -0.2) is 0 Å². The summed E-state index contributed by atoms with van der Waals surface area (Å²) in [5.74, 6) is -0.793. The quantitative estimate of drug-likeness (QED) is 0.661. The van der Waals surface area contributed by atoms with Crippen molar-refractivity contribution in [2.75, 3.05) is 6.61 Å². The highest BCUT2D eigenvalue weighted by molar-refractivity contribution is 7.80. The lowest BCUT2D eigenvalue weighted by atomic mass is 9.88. The van der Waals surface area contributed by atoms with Gasteiger partial charge < -0.3 is 15.4 Å². The standard InChI is InChI=1S/C16H20N2O2S/c1-4-11-6-8-12(9-7-11)14-13(15(19)20-5-2)10(3)17-16(21)18-14/h6-9,13-14H,3-5H2,1-2H3,(H2,17,18,21). The molecule has 0 aromatic heterocycles. The molecule has 1 aliphatic heterocycles. The maximum absolute atomic E-state index is 12.2. The molecule has 0 aliphatic carbocycles. The van der Waals surface area contributed by atoms with Gasteiger partial charge in [-0.15, -0.1) is 0 Å². The van der Waals surface area contributed by atoms with E-state index >= 15 is 0 Å². The lowest BCUT2D eigenvalue weighted by Gasteiger charge is -2.34. The van der Waals surface area contributed by atoms with E-state index < -0.39 is 5.92 Å². The van der Waals surface area contributed by atoms with E-state index in [9.17, 15) is 4.79 Å². The Kier molecular flexibility index (Phi) is 4.96. The molecule has 1 aliphatic rings. The summed E-state index contributed by atoms with van der Waals surface area (Å²) in [5.41, 5.74) is 2.82. The van der Waals surface area contributed by atoms with Gasteiger partial charge in [0.15, 0.2) is 5.11 Å². The number of esters is 1. The minimum absolute atomic E-state index is 0.254. The molecule has 0 radical (unpaired) electrons. The Balaban J connectivity index is 2.32. The first kappa shape index (κ1) is 15.5. The van der Waals surface area contributed by atoms with E-state index in [1.165, 1.54) is 5.56 Å². The largest absolute Gasteiger partial charge is 0.465 e. The molecule has 2 unspecified atom stereocenters. The molecular weight excluding hydrogens is 284 g/mol. The molecule has 1 fully saturated rings. The van der Waals surface area contributed by atoms with Crippen molar-refractivity contribution in [2.24, 2.45) is 5.92 Å². The second-order valence-electron chi connectivity index (χ2n) is 4.93. The first-order chi connectivity index (χ1) is 10.1. The molecule has 5 heteroatoms. The Morgan fingerprint density at radius 1 is 1.33 bits per heavy atom. The van der Waals surface area contributed by atoms with Crippen molar-refractivity contribution < 1.29 is 9.53 Å². The molecule has 0 amide bonds. The van der Waals surface area contributed by atoms with Gasteiger partial charge in [0.2, 0.25) is 0 Å². The minimum Gasteiger partial charge on any atom is -0.465 e. The fraction of sp³-hybridized carbons (Fsp3) is 0.375. The monoisotopic (exact) mass is 304 g/mol. The van der Waals surface area contributed by atoms with Crippen LogP contribution >= 0.6 is 12.2 Å². The molecule has 2 rings (SSSR count). The molecule has 21 heavy (non-hydrogen) atoms.